The van der Waals surface area contributed by atoms with Gasteiger partial charge >= 0.3 is 0 Å². The predicted molar refractivity (Wildman–Crippen MR) is 111 cm³/mol. The van der Waals surface area contributed by atoms with E-state index in [-0.39, 0.29) is 23.2 Å². The van der Waals surface area contributed by atoms with Crippen LogP contribution in [0, 0.1) is 11.8 Å². The number of aromatic hydroxyl groups is 1. The standard InChI is InChI=1S/C23H31N3O3/c1-15-5-7-18-17(13-15)20-19(29-23(18,2)3)8-6-16(21(20)27)22(28)25-9-4-11-26-12-10-24-14-26/h6,8,10,12,14-15,17-18,27H,4-5,7,9,11,13H2,1-3H3,(H,25,28)/t15-,17-,18-/m1/s1. The average Bonchev–Trinajstić information content (AvgIpc) is 3.18. The van der Waals surface area contributed by atoms with Crippen molar-refractivity contribution in [2.45, 2.75) is 64.5 Å². The maximum atomic E-state index is 12.7. The maximum Gasteiger partial charge on any atom is 0.255 e. The highest BCUT2D eigenvalue weighted by Gasteiger charge is 2.47. The van der Waals surface area contributed by atoms with Crippen LogP contribution in [0.5, 0.6) is 11.5 Å². The number of nitrogens with zero attached hydrogens (tertiary/aromatic N) is 2. The minimum Gasteiger partial charge on any atom is -0.507 e. The summed E-state index contributed by atoms with van der Waals surface area (Å²) in [6.45, 7) is 7.89. The SMILES string of the molecule is C[C@@H]1CC[C@@H]2[C@@H](C1)c1c(ccc(C(=O)NCCCn3ccnc3)c1O)OC2(C)C. The fourth-order valence-corrected chi connectivity index (χ4v) is 5.09. The maximum absolute atomic E-state index is 12.7. The summed E-state index contributed by atoms with van der Waals surface area (Å²) in [6, 6.07) is 3.54. The summed E-state index contributed by atoms with van der Waals surface area (Å²) in [6.07, 6.45) is 9.50. The first-order chi connectivity index (χ1) is 13.9. The second-order valence-electron chi connectivity index (χ2n) is 9.12. The topological polar surface area (TPSA) is 76.4 Å². The highest BCUT2D eigenvalue weighted by molar-refractivity contribution is 5.97. The molecule has 2 aliphatic rings. The summed E-state index contributed by atoms with van der Waals surface area (Å²) < 4.78 is 8.26. The molecule has 1 fully saturated rings. The number of aryl methyl sites for hydroxylation is 1. The van der Waals surface area contributed by atoms with Crippen molar-refractivity contribution < 1.29 is 14.6 Å². The van der Waals surface area contributed by atoms with E-state index in [1.54, 1.807) is 18.6 Å². The van der Waals surface area contributed by atoms with Gasteiger partial charge in [0.25, 0.3) is 5.91 Å². The van der Waals surface area contributed by atoms with Gasteiger partial charge in [0.15, 0.2) is 0 Å². The Kier molecular flexibility index (Phi) is 5.28. The van der Waals surface area contributed by atoms with Crippen LogP contribution in [0.3, 0.4) is 0 Å². The quantitative estimate of drug-likeness (QED) is 0.745. The highest BCUT2D eigenvalue weighted by atomic mass is 16.5. The van der Waals surface area contributed by atoms with Crippen molar-refractivity contribution in [2.24, 2.45) is 11.8 Å². The Morgan fingerprint density at radius 3 is 2.97 bits per heavy atom. The first kappa shape index (κ1) is 19.8. The number of benzene rings is 1. The number of imidazole rings is 1. The number of ether oxygens (including phenoxy) is 1. The third-order valence-corrected chi connectivity index (χ3v) is 6.61. The average molecular weight is 398 g/mol. The minimum absolute atomic E-state index is 0.0919. The van der Waals surface area contributed by atoms with Crippen molar-refractivity contribution in [3.8, 4) is 11.5 Å². The number of fused-ring (bicyclic) bond motifs is 3. The minimum atomic E-state index is -0.263. The summed E-state index contributed by atoms with van der Waals surface area (Å²) >= 11 is 0. The monoisotopic (exact) mass is 397 g/mol. The molecular formula is C23H31N3O3. The van der Waals surface area contributed by atoms with Crippen LogP contribution in [-0.4, -0.2) is 32.7 Å². The van der Waals surface area contributed by atoms with Gasteiger partial charge in [-0.3, -0.25) is 4.79 Å². The van der Waals surface area contributed by atoms with Crippen LogP contribution >= 0.6 is 0 Å². The first-order valence-electron chi connectivity index (χ1n) is 10.7. The fraction of sp³-hybridized carbons (Fsp3) is 0.565. The zero-order chi connectivity index (χ0) is 20.6. The number of nitrogens with one attached hydrogen (secondary N) is 1. The van der Waals surface area contributed by atoms with Gasteiger partial charge < -0.3 is 19.7 Å². The lowest BCUT2D eigenvalue weighted by molar-refractivity contribution is -0.0145. The second-order valence-corrected chi connectivity index (χ2v) is 9.12. The molecule has 0 radical (unpaired) electrons. The highest BCUT2D eigenvalue weighted by Crippen LogP contribution is 2.55. The first-order valence-corrected chi connectivity index (χ1v) is 10.7. The molecular weight excluding hydrogens is 366 g/mol. The molecule has 4 rings (SSSR count). The number of carbonyl (C=O) groups excluding carboxylic acids is 1. The number of amides is 1. The summed E-state index contributed by atoms with van der Waals surface area (Å²) in [5.74, 6) is 1.77. The van der Waals surface area contributed by atoms with Gasteiger partial charge in [-0.25, -0.2) is 4.98 Å². The molecule has 1 aliphatic carbocycles. The Morgan fingerprint density at radius 2 is 2.21 bits per heavy atom. The number of rotatable bonds is 5. The Morgan fingerprint density at radius 1 is 1.38 bits per heavy atom. The van der Waals surface area contributed by atoms with E-state index >= 15 is 0 Å². The number of phenolic OH excluding ortho intramolecular Hbond substituents is 1. The number of aromatic nitrogens is 2. The Labute approximate surface area is 172 Å². The van der Waals surface area contributed by atoms with E-state index < -0.39 is 0 Å². The number of carbonyl (C=O) groups is 1. The van der Waals surface area contributed by atoms with Crippen molar-refractivity contribution in [3.63, 3.8) is 0 Å². The molecule has 29 heavy (non-hydrogen) atoms. The molecule has 6 nitrogen and oxygen atoms in total. The van der Waals surface area contributed by atoms with Crippen molar-refractivity contribution in [1.29, 1.82) is 0 Å². The number of hydrogen-bond acceptors (Lipinski definition) is 4. The van der Waals surface area contributed by atoms with Gasteiger partial charge in [-0.15, -0.1) is 0 Å². The second kappa shape index (κ2) is 7.73. The van der Waals surface area contributed by atoms with Gasteiger partial charge in [-0.1, -0.05) is 13.3 Å². The number of hydrogen-bond donors (Lipinski definition) is 2. The van der Waals surface area contributed by atoms with Crippen LogP contribution < -0.4 is 10.1 Å². The molecule has 0 unspecified atom stereocenters. The molecule has 1 aromatic heterocycles. The molecule has 0 spiro atoms. The molecule has 2 N–H and O–H groups in total. The lowest BCUT2D eigenvalue weighted by Gasteiger charge is -2.48. The molecule has 2 aromatic rings. The van der Waals surface area contributed by atoms with Gasteiger partial charge in [-0.05, 0) is 57.1 Å². The predicted octanol–water partition coefficient (Wildman–Crippen LogP) is 4.10. The van der Waals surface area contributed by atoms with Crippen LogP contribution in [0.15, 0.2) is 30.9 Å². The Balaban J connectivity index is 1.51. The third kappa shape index (κ3) is 3.85. The van der Waals surface area contributed by atoms with Gasteiger partial charge in [-0.2, -0.15) is 0 Å². The van der Waals surface area contributed by atoms with Gasteiger partial charge in [0.2, 0.25) is 0 Å². The Bertz CT molecular complexity index is 876. The normalized spacial score (nSPS) is 24.9. The van der Waals surface area contributed by atoms with Crippen molar-refractivity contribution >= 4 is 5.91 Å². The molecule has 3 atom stereocenters. The van der Waals surface area contributed by atoms with E-state index in [1.165, 1.54) is 6.42 Å². The third-order valence-electron chi connectivity index (χ3n) is 6.61. The summed E-state index contributed by atoms with van der Waals surface area (Å²) in [7, 11) is 0. The van der Waals surface area contributed by atoms with E-state index in [1.807, 2.05) is 16.8 Å². The van der Waals surface area contributed by atoms with Gasteiger partial charge in [0.1, 0.15) is 17.1 Å². The molecule has 0 bridgehead atoms. The summed E-state index contributed by atoms with van der Waals surface area (Å²) in [5, 5.41) is 14.0. The van der Waals surface area contributed by atoms with Crippen molar-refractivity contribution in [1.82, 2.24) is 14.9 Å². The molecule has 156 valence electrons. The zero-order valence-corrected chi connectivity index (χ0v) is 17.5. The number of phenols is 1. The van der Waals surface area contributed by atoms with E-state index in [9.17, 15) is 9.90 Å². The van der Waals surface area contributed by atoms with E-state index in [0.29, 0.717) is 23.9 Å². The molecule has 0 saturated heterocycles. The summed E-state index contributed by atoms with van der Waals surface area (Å²) in [5.41, 5.74) is 0.903. The Hall–Kier alpha value is -2.50. The van der Waals surface area contributed by atoms with Crippen LogP contribution in [0.2, 0.25) is 0 Å². The van der Waals surface area contributed by atoms with E-state index in [0.717, 1.165) is 37.1 Å². The van der Waals surface area contributed by atoms with E-state index in [4.69, 9.17) is 4.74 Å². The molecule has 1 amide bonds. The smallest absolute Gasteiger partial charge is 0.255 e. The largest absolute Gasteiger partial charge is 0.507 e. The molecule has 6 heteroatoms. The molecule has 2 heterocycles. The lowest BCUT2D eigenvalue weighted by atomic mass is 9.64. The van der Waals surface area contributed by atoms with Crippen molar-refractivity contribution in [2.75, 3.05) is 6.54 Å². The van der Waals surface area contributed by atoms with Crippen LogP contribution in [0.25, 0.3) is 0 Å². The lowest BCUT2D eigenvalue weighted by Crippen LogP contribution is -2.46. The van der Waals surface area contributed by atoms with Crippen molar-refractivity contribution in [3.05, 3.63) is 42.0 Å². The van der Waals surface area contributed by atoms with Crippen LogP contribution in [0.4, 0.5) is 0 Å². The van der Waals surface area contributed by atoms with E-state index in [2.05, 4.69) is 31.1 Å². The van der Waals surface area contributed by atoms with Crippen LogP contribution in [-0.2, 0) is 6.54 Å². The summed E-state index contributed by atoms with van der Waals surface area (Å²) in [4.78, 5) is 16.7. The molecule has 1 aromatic carbocycles. The zero-order valence-electron chi connectivity index (χ0n) is 17.5. The molecule has 1 aliphatic heterocycles. The van der Waals surface area contributed by atoms with Crippen LogP contribution in [0.1, 0.15) is 68.3 Å². The molecule has 1 saturated carbocycles. The van der Waals surface area contributed by atoms with Gasteiger partial charge in [0, 0.05) is 37.0 Å². The fourth-order valence-electron chi connectivity index (χ4n) is 5.09. The van der Waals surface area contributed by atoms with Gasteiger partial charge in [0.05, 0.1) is 11.9 Å².